The maximum atomic E-state index is 13.6. The molecule has 9 heteroatoms. The minimum atomic E-state index is -0.213. The zero-order chi connectivity index (χ0) is 35.8. The largest absolute Gasteiger partial charge is 0.379 e. The van der Waals surface area contributed by atoms with Gasteiger partial charge in [0.25, 0.3) is 11.8 Å². The lowest BCUT2D eigenvalue weighted by atomic mass is 9.94. The highest BCUT2D eigenvalue weighted by Crippen LogP contribution is 2.43. The average Bonchev–Trinajstić information content (AvgIpc) is 4.07. The minimum absolute atomic E-state index is 0.197. The fraction of sp³-hybridized carbons (Fsp3) is 0.442. The number of anilines is 2. The zero-order valence-electron chi connectivity index (χ0n) is 30.7. The number of aromatic nitrogens is 2. The number of amides is 2. The molecule has 52 heavy (non-hydrogen) atoms. The molecule has 2 aromatic carbocycles. The first kappa shape index (κ1) is 34.6. The molecule has 8 rings (SSSR count). The number of methoxy groups -OCH3 is 1. The highest BCUT2D eigenvalue weighted by Gasteiger charge is 2.32. The molecule has 4 fully saturated rings. The van der Waals surface area contributed by atoms with Gasteiger partial charge in [0.15, 0.2) is 0 Å². The van der Waals surface area contributed by atoms with E-state index in [0.29, 0.717) is 29.3 Å². The maximum absolute atomic E-state index is 13.6. The predicted molar refractivity (Wildman–Crippen MR) is 205 cm³/mol. The molecule has 2 aromatic heterocycles. The quantitative estimate of drug-likeness (QED) is 0.156. The molecule has 0 spiro atoms. The molecule has 270 valence electrons. The van der Waals surface area contributed by atoms with Crippen molar-refractivity contribution in [2.45, 2.75) is 89.8 Å². The van der Waals surface area contributed by atoms with Crippen molar-refractivity contribution < 1.29 is 14.3 Å². The Hall–Kier alpha value is -4.44. The molecule has 2 aliphatic heterocycles. The second-order valence-corrected chi connectivity index (χ2v) is 15.3. The first-order valence-electron chi connectivity index (χ1n) is 19.1. The fourth-order valence-electron chi connectivity index (χ4n) is 7.96. The second kappa shape index (κ2) is 14.9. The molecule has 2 amide bonds. The van der Waals surface area contributed by atoms with Crippen molar-refractivity contribution in [3.8, 4) is 11.1 Å². The van der Waals surface area contributed by atoms with Crippen molar-refractivity contribution >= 4 is 23.2 Å². The molecule has 4 aromatic rings. The molecular weight excluding hydrogens is 649 g/mol. The number of carbonyl (C=O) groups is 2. The third kappa shape index (κ3) is 7.54. The van der Waals surface area contributed by atoms with Crippen molar-refractivity contribution in [1.29, 1.82) is 0 Å². The van der Waals surface area contributed by atoms with Gasteiger partial charge in [-0.3, -0.25) is 29.4 Å². The molecule has 0 bridgehead atoms. The van der Waals surface area contributed by atoms with E-state index in [9.17, 15) is 9.59 Å². The van der Waals surface area contributed by atoms with Gasteiger partial charge in [-0.05, 0) is 146 Å². The van der Waals surface area contributed by atoms with Gasteiger partial charge in [0, 0.05) is 57.1 Å². The van der Waals surface area contributed by atoms with Crippen molar-refractivity contribution in [2.75, 3.05) is 43.9 Å². The van der Waals surface area contributed by atoms with E-state index in [1.807, 2.05) is 62.6 Å². The van der Waals surface area contributed by atoms with E-state index in [0.717, 1.165) is 85.7 Å². The summed E-state index contributed by atoms with van der Waals surface area (Å²) in [6.07, 6.45) is 12.6. The minimum Gasteiger partial charge on any atom is -0.379 e. The van der Waals surface area contributed by atoms with Gasteiger partial charge in [0.1, 0.15) is 11.4 Å². The van der Waals surface area contributed by atoms with Crippen LogP contribution in [0.25, 0.3) is 11.1 Å². The number of hydrogen-bond acceptors (Lipinski definition) is 7. The van der Waals surface area contributed by atoms with Crippen LogP contribution < -0.4 is 10.6 Å². The number of nitrogens with one attached hydrogen (secondary N) is 2. The number of nitrogens with zero attached hydrogens (tertiary/aromatic N) is 4. The lowest BCUT2D eigenvalue weighted by Crippen LogP contribution is -2.51. The van der Waals surface area contributed by atoms with Gasteiger partial charge in [0.05, 0.1) is 6.10 Å². The van der Waals surface area contributed by atoms with E-state index in [1.54, 1.807) is 7.11 Å². The molecule has 2 saturated heterocycles. The van der Waals surface area contributed by atoms with Crippen LogP contribution >= 0.6 is 0 Å². The van der Waals surface area contributed by atoms with E-state index >= 15 is 0 Å². The lowest BCUT2D eigenvalue weighted by molar-refractivity contribution is -0.0335. The summed E-state index contributed by atoms with van der Waals surface area (Å²) in [4.78, 5) is 41.4. The van der Waals surface area contributed by atoms with E-state index in [4.69, 9.17) is 4.74 Å². The number of pyridine rings is 2. The number of benzene rings is 2. The van der Waals surface area contributed by atoms with Crippen molar-refractivity contribution in [1.82, 2.24) is 19.8 Å². The van der Waals surface area contributed by atoms with Gasteiger partial charge in [-0.1, -0.05) is 30.7 Å². The van der Waals surface area contributed by atoms with Crippen molar-refractivity contribution in [3.05, 3.63) is 106 Å². The summed E-state index contributed by atoms with van der Waals surface area (Å²) >= 11 is 0. The van der Waals surface area contributed by atoms with Crippen LogP contribution in [0.2, 0.25) is 0 Å². The van der Waals surface area contributed by atoms with Crippen LogP contribution in [-0.2, 0) is 17.8 Å². The Morgan fingerprint density at radius 1 is 0.712 bits per heavy atom. The maximum Gasteiger partial charge on any atom is 0.274 e. The van der Waals surface area contributed by atoms with Gasteiger partial charge in [-0.2, -0.15) is 0 Å². The Kier molecular flexibility index (Phi) is 9.92. The Balaban J connectivity index is 0.973. The number of rotatable bonds is 12. The van der Waals surface area contributed by atoms with Crippen LogP contribution in [0.5, 0.6) is 0 Å². The van der Waals surface area contributed by atoms with Crippen LogP contribution in [0.15, 0.2) is 60.9 Å². The van der Waals surface area contributed by atoms with Crippen LogP contribution in [0.3, 0.4) is 0 Å². The molecule has 4 heterocycles. The van der Waals surface area contributed by atoms with Crippen LogP contribution in [0.1, 0.15) is 111 Å². The summed E-state index contributed by atoms with van der Waals surface area (Å²) in [7, 11) is 1.76. The molecule has 0 unspecified atom stereocenters. The predicted octanol–water partition coefficient (Wildman–Crippen LogP) is 7.84. The monoisotopic (exact) mass is 698 g/mol. The summed E-state index contributed by atoms with van der Waals surface area (Å²) in [5, 5.41) is 6.31. The summed E-state index contributed by atoms with van der Waals surface area (Å²) in [6, 6.07) is 15.9. The highest BCUT2D eigenvalue weighted by molar-refractivity contribution is 6.05. The molecule has 2 saturated carbocycles. The smallest absolute Gasteiger partial charge is 0.274 e. The summed E-state index contributed by atoms with van der Waals surface area (Å²) in [6.45, 7) is 9.94. The van der Waals surface area contributed by atoms with Gasteiger partial charge in [-0.15, -0.1) is 0 Å². The van der Waals surface area contributed by atoms with E-state index in [1.165, 1.54) is 54.4 Å². The summed E-state index contributed by atoms with van der Waals surface area (Å²) in [5.74, 6) is 0.627. The fourth-order valence-corrected chi connectivity index (χ4v) is 7.96. The number of ether oxygens (including phenoxy) is 1. The lowest BCUT2D eigenvalue weighted by Gasteiger charge is -2.38. The molecule has 9 nitrogen and oxygen atoms in total. The Morgan fingerprint density at radius 2 is 1.19 bits per heavy atom. The number of hydrogen-bond donors (Lipinski definition) is 2. The second-order valence-electron chi connectivity index (χ2n) is 15.3. The molecule has 4 aliphatic rings. The SMILES string of the molecule is COC1CN(Cc2cnc(C(=O)Nc3cccc(-c4cccc(NC(=O)c5cc(C6CC6)c(CN6CCCCC6)cn5)c4C)c3C)cc2C2CC2)C1. The van der Waals surface area contributed by atoms with Crippen LogP contribution in [0.4, 0.5) is 11.4 Å². The highest BCUT2D eigenvalue weighted by atomic mass is 16.5. The van der Waals surface area contributed by atoms with E-state index in [2.05, 4.69) is 42.5 Å². The average molecular weight is 699 g/mol. The number of carbonyl (C=O) groups excluding carboxylic acids is 2. The van der Waals surface area contributed by atoms with Gasteiger partial charge < -0.3 is 15.4 Å². The standard InChI is InChI=1S/C43H50N6O3/c1-27-34(9-7-11-38(27)46-42(50)40-19-36(29-13-14-29)31(21-44-40)23-48-17-5-4-6-18-48)35-10-8-12-39(28(35)2)47-43(51)41-20-37(30-15-16-30)32(22-45-41)24-49-25-33(26-49)52-3/h7-12,19-22,29-30,33H,4-6,13-18,23-26H2,1-3H3,(H,46,50)(H,47,51). The number of piperidine rings is 1. The third-order valence-corrected chi connectivity index (χ3v) is 11.5. The zero-order valence-corrected chi connectivity index (χ0v) is 30.7. The normalized spacial score (nSPS) is 18.2. The van der Waals surface area contributed by atoms with Gasteiger partial charge >= 0.3 is 0 Å². The van der Waals surface area contributed by atoms with Crippen LogP contribution in [-0.4, -0.2) is 71.0 Å². The Labute approximate surface area is 307 Å². The summed E-state index contributed by atoms with van der Waals surface area (Å²) in [5.41, 5.74) is 11.3. The molecule has 0 atom stereocenters. The van der Waals surface area contributed by atoms with Gasteiger partial charge in [-0.25, -0.2) is 0 Å². The van der Waals surface area contributed by atoms with E-state index < -0.39 is 0 Å². The van der Waals surface area contributed by atoms with Crippen LogP contribution in [0, 0.1) is 13.8 Å². The molecule has 0 radical (unpaired) electrons. The third-order valence-electron chi connectivity index (χ3n) is 11.5. The Morgan fingerprint density at radius 3 is 1.65 bits per heavy atom. The van der Waals surface area contributed by atoms with Gasteiger partial charge in [0.2, 0.25) is 0 Å². The molecular formula is C43H50N6O3. The van der Waals surface area contributed by atoms with Crippen molar-refractivity contribution in [3.63, 3.8) is 0 Å². The van der Waals surface area contributed by atoms with Crippen molar-refractivity contribution in [2.24, 2.45) is 0 Å². The topological polar surface area (TPSA) is 99.7 Å². The first-order chi connectivity index (χ1) is 25.3. The summed E-state index contributed by atoms with van der Waals surface area (Å²) < 4.78 is 5.44. The van der Waals surface area contributed by atoms with E-state index in [-0.39, 0.29) is 11.8 Å². The molecule has 2 N–H and O–H groups in total. The Bertz CT molecular complexity index is 1970. The first-order valence-corrected chi connectivity index (χ1v) is 19.1. The number of likely N-dealkylation sites (tertiary alicyclic amines) is 2. The molecule has 2 aliphatic carbocycles.